The molecule has 14 heteroatoms. The molecule has 0 radical (unpaired) electrons. The second-order valence-electron chi connectivity index (χ2n) is 8.99. The van der Waals surface area contributed by atoms with Crippen molar-refractivity contribution >= 4 is 28.8 Å². The van der Waals surface area contributed by atoms with Crippen LogP contribution in [0.5, 0.6) is 0 Å². The molecule has 1 aliphatic heterocycles. The lowest BCUT2D eigenvalue weighted by Crippen LogP contribution is -2.44. The van der Waals surface area contributed by atoms with Gasteiger partial charge in [-0.2, -0.15) is 4.39 Å². The van der Waals surface area contributed by atoms with Crippen LogP contribution >= 0.6 is 0 Å². The predicted molar refractivity (Wildman–Crippen MR) is 129 cm³/mol. The van der Waals surface area contributed by atoms with Gasteiger partial charge in [0.1, 0.15) is 17.7 Å². The second kappa shape index (κ2) is 10.3. The molecule has 1 aliphatic carbocycles. The van der Waals surface area contributed by atoms with Crippen LogP contribution in [-0.2, 0) is 9.53 Å². The maximum atomic E-state index is 13.2. The minimum atomic E-state index is -1.47. The van der Waals surface area contributed by atoms with E-state index in [1.54, 1.807) is 4.90 Å². The molecule has 4 heterocycles. The van der Waals surface area contributed by atoms with Crippen LogP contribution in [-0.4, -0.2) is 89.4 Å². The first kappa shape index (κ1) is 25.5. The molecule has 3 aromatic heterocycles. The van der Waals surface area contributed by atoms with Gasteiger partial charge in [0.25, 0.3) is 11.8 Å². The molecule has 5 N–H and O–H groups in total. The van der Waals surface area contributed by atoms with Gasteiger partial charge in [0.05, 0.1) is 18.4 Å². The van der Waals surface area contributed by atoms with Crippen LogP contribution in [0.15, 0.2) is 24.7 Å². The number of fused-ring (bicyclic) bond motifs is 1. The van der Waals surface area contributed by atoms with E-state index in [0.717, 1.165) is 25.3 Å². The Balaban J connectivity index is 1.40. The first-order chi connectivity index (χ1) is 18.3. The van der Waals surface area contributed by atoms with Crippen molar-refractivity contribution < 1.29 is 28.9 Å². The fourth-order valence-electron chi connectivity index (χ4n) is 4.37. The Hall–Kier alpha value is -4.19. The fraction of sp³-hybridized carbons (Fsp3) is 0.417. The number of halogens is 1. The normalized spacial score (nSPS) is 22.9. The van der Waals surface area contributed by atoms with E-state index in [-0.39, 0.29) is 46.9 Å². The number of carbonyl (C=O) groups is 2. The number of nitrogens with two attached hydrogens (primary N) is 1. The van der Waals surface area contributed by atoms with Crippen LogP contribution in [0.3, 0.4) is 0 Å². The lowest BCUT2D eigenvalue weighted by Gasteiger charge is -2.36. The highest BCUT2D eigenvalue weighted by Crippen LogP contribution is 2.32. The zero-order valence-electron chi connectivity index (χ0n) is 20.3. The summed E-state index contributed by atoms with van der Waals surface area (Å²) in [5.41, 5.74) is 6.73. The number of amides is 2. The molecule has 13 nitrogen and oxygen atoms in total. The summed E-state index contributed by atoms with van der Waals surface area (Å²) in [7, 11) is 1.39. The van der Waals surface area contributed by atoms with Gasteiger partial charge in [0, 0.05) is 19.3 Å². The molecule has 2 amide bonds. The van der Waals surface area contributed by atoms with E-state index in [1.807, 2.05) is 0 Å². The number of hydrogen-bond acceptors (Lipinski definition) is 10. The predicted octanol–water partition coefficient (Wildman–Crippen LogP) is -0.646. The number of nitrogens with one attached hydrogen (secondary N) is 1. The maximum absolute atomic E-state index is 13.2. The summed E-state index contributed by atoms with van der Waals surface area (Å²) in [4.78, 5) is 42.9. The summed E-state index contributed by atoms with van der Waals surface area (Å²) in [6.07, 6.45) is -0.189. The molecule has 38 heavy (non-hydrogen) atoms. The van der Waals surface area contributed by atoms with Crippen LogP contribution in [0.1, 0.15) is 41.7 Å². The number of anilines is 1. The highest BCUT2D eigenvalue weighted by atomic mass is 19.1. The molecule has 3 aromatic rings. The number of nitrogen functional groups attached to an aromatic ring is 1. The van der Waals surface area contributed by atoms with Crippen LogP contribution in [0.2, 0.25) is 0 Å². The molecule has 0 aromatic carbocycles. The standard InChI is InChI=1S/C24H25FN8O5/c1-27-22(36)19-17(34)18(35)24(38-19)33-11-29-16-20(26)30-15(31-21(16)33)6-3-9-32(13-4-2-5-13)23(37)12-7-8-14(25)28-10-12/h7-8,10-11,13,17-19,24,34-35H,2,4-5,9H2,1H3,(H,27,36)(H2,26,30,31)/t17-,18?,19-,24+/m0/s1. The van der Waals surface area contributed by atoms with E-state index in [9.17, 15) is 24.2 Å². The average Bonchev–Trinajstić information content (AvgIpc) is 3.43. The number of aromatic nitrogens is 5. The minimum absolute atomic E-state index is 0.0115. The largest absolute Gasteiger partial charge is 0.387 e. The molecule has 4 atom stereocenters. The maximum Gasteiger partial charge on any atom is 0.256 e. The van der Waals surface area contributed by atoms with Crippen LogP contribution in [0.4, 0.5) is 10.2 Å². The van der Waals surface area contributed by atoms with Crippen molar-refractivity contribution in [1.29, 1.82) is 0 Å². The van der Waals surface area contributed by atoms with Crippen molar-refractivity contribution in [3.05, 3.63) is 42.0 Å². The van der Waals surface area contributed by atoms with E-state index in [0.29, 0.717) is 0 Å². The Morgan fingerprint density at radius 2 is 2.05 bits per heavy atom. The molecule has 0 spiro atoms. The van der Waals surface area contributed by atoms with Crippen molar-refractivity contribution in [2.24, 2.45) is 0 Å². The second-order valence-corrected chi connectivity index (χ2v) is 8.99. The van der Waals surface area contributed by atoms with Crippen molar-refractivity contribution in [2.75, 3.05) is 19.3 Å². The Bertz CT molecular complexity index is 1430. The molecule has 5 rings (SSSR count). The molecule has 0 bridgehead atoms. The lowest BCUT2D eigenvalue weighted by molar-refractivity contribution is -0.137. The Labute approximate surface area is 215 Å². The van der Waals surface area contributed by atoms with Crippen molar-refractivity contribution in [3.63, 3.8) is 0 Å². The average molecular weight is 525 g/mol. The van der Waals surface area contributed by atoms with E-state index < -0.39 is 36.4 Å². The molecule has 1 saturated carbocycles. The first-order valence-corrected chi connectivity index (χ1v) is 11.9. The Kier molecular flexibility index (Phi) is 6.89. The number of imidazole rings is 1. The van der Waals surface area contributed by atoms with Gasteiger partial charge in [-0.05, 0) is 37.3 Å². The number of aliphatic hydroxyl groups is 2. The number of rotatable bonds is 5. The van der Waals surface area contributed by atoms with Crippen molar-refractivity contribution in [3.8, 4) is 11.8 Å². The SMILES string of the molecule is CNC(=O)[C@H]1O[C@@H](n2cnc3c(N)nc(C#CCN(C(=O)c4ccc(F)nc4)C4CCC4)nc32)C(O)[C@@H]1O. The summed E-state index contributed by atoms with van der Waals surface area (Å²) in [6.45, 7) is 0.0753. The molecule has 1 saturated heterocycles. The molecule has 2 aliphatic rings. The number of hydrogen-bond donors (Lipinski definition) is 4. The summed E-state index contributed by atoms with van der Waals surface area (Å²) in [5, 5.41) is 23.2. The van der Waals surface area contributed by atoms with Gasteiger partial charge < -0.3 is 30.9 Å². The summed E-state index contributed by atoms with van der Waals surface area (Å²) in [6, 6.07) is 2.53. The van der Waals surface area contributed by atoms with E-state index in [1.165, 1.54) is 30.2 Å². The van der Waals surface area contributed by atoms with Gasteiger partial charge in [-0.25, -0.2) is 19.9 Å². The van der Waals surface area contributed by atoms with Crippen molar-refractivity contribution in [2.45, 2.75) is 49.8 Å². The van der Waals surface area contributed by atoms with Gasteiger partial charge in [0.15, 0.2) is 23.8 Å². The smallest absolute Gasteiger partial charge is 0.256 e. The minimum Gasteiger partial charge on any atom is -0.387 e. The van der Waals surface area contributed by atoms with Crippen LogP contribution in [0, 0.1) is 17.8 Å². The Morgan fingerprint density at radius 3 is 2.71 bits per heavy atom. The topological polar surface area (TPSA) is 182 Å². The summed E-state index contributed by atoms with van der Waals surface area (Å²) >= 11 is 0. The number of pyridine rings is 1. The van der Waals surface area contributed by atoms with Gasteiger partial charge in [0.2, 0.25) is 11.8 Å². The van der Waals surface area contributed by atoms with Crippen LogP contribution < -0.4 is 11.1 Å². The zero-order chi connectivity index (χ0) is 27.0. The number of nitrogens with zero attached hydrogens (tertiary/aromatic N) is 6. The zero-order valence-corrected chi connectivity index (χ0v) is 20.3. The monoisotopic (exact) mass is 524 g/mol. The highest BCUT2D eigenvalue weighted by Gasteiger charge is 2.47. The van der Waals surface area contributed by atoms with Gasteiger partial charge in [-0.1, -0.05) is 5.92 Å². The number of carbonyl (C=O) groups excluding carboxylic acids is 2. The summed E-state index contributed by atoms with van der Waals surface area (Å²) in [5.74, 6) is 4.22. The number of likely N-dealkylation sites (N-methyl/N-ethyl adjacent to an activating group) is 1. The highest BCUT2D eigenvalue weighted by molar-refractivity contribution is 5.94. The third-order valence-electron chi connectivity index (χ3n) is 6.67. The fourth-order valence-corrected chi connectivity index (χ4v) is 4.37. The van der Waals surface area contributed by atoms with Gasteiger partial charge in [-0.15, -0.1) is 0 Å². The quantitative estimate of drug-likeness (QED) is 0.247. The third-order valence-corrected chi connectivity index (χ3v) is 6.67. The van der Waals surface area contributed by atoms with Crippen molar-refractivity contribution in [1.82, 2.24) is 34.7 Å². The number of aliphatic hydroxyl groups excluding tert-OH is 2. The molecular weight excluding hydrogens is 499 g/mol. The molecule has 198 valence electrons. The van der Waals surface area contributed by atoms with E-state index in [4.69, 9.17) is 10.5 Å². The number of ether oxygens (including phenoxy) is 1. The van der Waals surface area contributed by atoms with Crippen LogP contribution in [0.25, 0.3) is 11.2 Å². The lowest BCUT2D eigenvalue weighted by atomic mass is 9.91. The Morgan fingerprint density at radius 1 is 1.26 bits per heavy atom. The van der Waals surface area contributed by atoms with Gasteiger partial charge >= 0.3 is 0 Å². The summed E-state index contributed by atoms with van der Waals surface area (Å²) < 4.78 is 20.1. The third kappa shape index (κ3) is 4.62. The molecular formula is C24H25FN8O5. The first-order valence-electron chi connectivity index (χ1n) is 11.9. The van der Waals surface area contributed by atoms with Gasteiger partial charge in [-0.3, -0.25) is 14.2 Å². The molecule has 2 fully saturated rings. The van der Waals surface area contributed by atoms with E-state index >= 15 is 0 Å². The molecule has 1 unspecified atom stereocenters. The van der Waals surface area contributed by atoms with E-state index in [2.05, 4.69) is 37.1 Å².